The first-order valence-corrected chi connectivity index (χ1v) is 7.04. The number of halogens is 2. The lowest BCUT2D eigenvalue weighted by Gasteiger charge is -1.95. The van der Waals surface area contributed by atoms with Crippen LogP contribution in [0.15, 0.2) is 27.4 Å². The van der Waals surface area contributed by atoms with Crippen molar-refractivity contribution < 1.29 is 4.79 Å². The summed E-state index contributed by atoms with van der Waals surface area (Å²) in [5.74, 6) is 0.0874. The summed E-state index contributed by atoms with van der Waals surface area (Å²) in [7, 11) is 0. The van der Waals surface area contributed by atoms with Crippen molar-refractivity contribution in [3.05, 3.63) is 42.1 Å². The van der Waals surface area contributed by atoms with E-state index in [4.69, 9.17) is 11.6 Å². The van der Waals surface area contributed by atoms with Crippen molar-refractivity contribution in [2.75, 3.05) is 0 Å². The van der Waals surface area contributed by atoms with Gasteiger partial charge in [0.2, 0.25) is 0 Å². The molecule has 2 heterocycles. The fraction of sp³-hybridized carbons (Fsp3) is 0.100. The number of rotatable bonds is 3. The molecule has 0 saturated heterocycles. The zero-order chi connectivity index (χ0) is 10.8. The molecule has 5 heteroatoms. The Bertz CT molecular complexity index is 489. The molecule has 0 amide bonds. The average Bonchev–Trinajstić information content (AvgIpc) is 2.75. The number of hydrogen-bond acceptors (Lipinski definition) is 3. The quantitative estimate of drug-likeness (QED) is 0.752. The van der Waals surface area contributed by atoms with Crippen molar-refractivity contribution in [3.63, 3.8) is 0 Å². The van der Waals surface area contributed by atoms with Crippen LogP contribution in [0, 0.1) is 0 Å². The predicted octanol–water partition coefficient (Wildman–Crippen LogP) is 4.65. The van der Waals surface area contributed by atoms with E-state index >= 15 is 0 Å². The van der Waals surface area contributed by atoms with Crippen molar-refractivity contribution in [1.29, 1.82) is 0 Å². The molecule has 2 aromatic rings. The maximum absolute atomic E-state index is 11.8. The van der Waals surface area contributed by atoms with Crippen LogP contribution in [0.3, 0.4) is 0 Å². The Labute approximate surface area is 109 Å². The van der Waals surface area contributed by atoms with Crippen LogP contribution in [-0.4, -0.2) is 5.78 Å². The molecule has 2 rings (SSSR count). The average molecular weight is 322 g/mol. The highest BCUT2D eigenvalue weighted by atomic mass is 79.9. The highest BCUT2D eigenvalue weighted by molar-refractivity contribution is 9.11. The minimum Gasteiger partial charge on any atom is -0.293 e. The Kier molecular flexibility index (Phi) is 3.61. The van der Waals surface area contributed by atoms with Crippen LogP contribution in [0.5, 0.6) is 0 Å². The van der Waals surface area contributed by atoms with Gasteiger partial charge in [0.15, 0.2) is 5.78 Å². The molecular weight excluding hydrogens is 316 g/mol. The van der Waals surface area contributed by atoms with Gasteiger partial charge in [-0.1, -0.05) is 11.6 Å². The zero-order valence-electron chi connectivity index (χ0n) is 7.50. The van der Waals surface area contributed by atoms with E-state index in [0.29, 0.717) is 16.3 Å². The molecule has 78 valence electrons. The van der Waals surface area contributed by atoms with Gasteiger partial charge in [0, 0.05) is 11.3 Å². The SMILES string of the molecule is O=C(Cc1ccc(Br)s1)c1sccc1Cl. The Morgan fingerprint density at radius 2 is 2.20 bits per heavy atom. The normalized spacial score (nSPS) is 10.5. The van der Waals surface area contributed by atoms with E-state index in [9.17, 15) is 4.79 Å². The third kappa shape index (κ3) is 2.69. The van der Waals surface area contributed by atoms with Crippen LogP contribution in [-0.2, 0) is 6.42 Å². The summed E-state index contributed by atoms with van der Waals surface area (Å²) < 4.78 is 1.04. The summed E-state index contributed by atoms with van der Waals surface area (Å²) in [5, 5.41) is 2.39. The lowest BCUT2D eigenvalue weighted by Crippen LogP contribution is -1.99. The molecule has 0 aromatic carbocycles. The monoisotopic (exact) mass is 320 g/mol. The van der Waals surface area contributed by atoms with Crippen LogP contribution in [0.1, 0.15) is 14.5 Å². The van der Waals surface area contributed by atoms with Crippen molar-refractivity contribution in [1.82, 2.24) is 0 Å². The van der Waals surface area contributed by atoms with Gasteiger partial charge in [-0.15, -0.1) is 22.7 Å². The van der Waals surface area contributed by atoms with E-state index in [0.717, 1.165) is 8.66 Å². The van der Waals surface area contributed by atoms with Crippen molar-refractivity contribution in [2.45, 2.75) is 6.42 Å². The van der Waals surface area contributed by atoms with Crippen molar-refractivity contribution >= 4 is 56.0 Å². The smallest absolute Gasteiger partial charge is 0.179 e. The van der Waals surface area contributed by atoms with Crippen LogP contribution in [0.4, 0.5) is 0 Å². The molecule has 0 N–H and O–H groups in total. The highest BCUT2D eigenvalue weighted by Gasteiger charge is 2.13. The third-order valence-electron chi connectivity index (χ3n) is 1.83. The predicted molar refractivity (Wildman–Crippen MR) is 69.4 cm³/mol. The number of thiophene rings is 2. The number of carbonyl (C=O) groups is 1. The summed E-state index contributed by atoms with van der Waals surface area (Å²) in [6.45, 7) is 0. The maximum atomic E-state index is 11.8. The van der Waals surface area contributed by atoms with E-state index in [-0.39, 0.29) is 5.78 Å². The molecule has 0 aliphatic carbocycles. The first-order valence-electron chi connectivity index (χ1n) is 4.17. The van der Waals surface area contributed by atoms with Gasteiger partial charge in [0.25, 0.3) is 0 Å². The van der Waals surface area contributed by atoms with Crippen LogP contribution < -0.4 is 0 Å². The fourth-order valence-electron chi connectivity index (χ4n) is 1.18. The molecule has 0 fully saturated rings. The second-order valence-corrected chi connectivity index (χ2v) is 6.77. The second kappa shape index (κ2) is 4.78. The molecular formula is C10H6BrClOS2. The van der Waals surface area contributed by atoms with Crippen molar-refractivity contribution in [2.24, 2.45) is 0 Å². The summed E-state index contributed by atoms with van der Waals surface area (Å²) in [4.78, 5) is 13.5. The first-order chi connectivity index (χ1) is 7.16. The third-order valence-corrected chi connectivity index (χ3v) is 4.84. The Hall–Kier alpha value is -0.160. The van der Waals surface area contributed by atoms with Gasteiger partial charge in [-0.3, -0.25) is 4.79 Å². The summed E-state index contributed by atoms with van der Waals surface area (Å²) in [6.07, 6.45) is 0.427. The van der Waals surface area contributed by atoms with Gasteiger partial charge in [-0.2, -0.15) is 0 Å². The molecule has 0 aliphatic heterocycles. The van der Waals surface area contributed by atoms with E-state index in [1.165, 1.54) is 11.3 Å². The van der Waals surface area contributed by atoms with Crippen LogP contribution in [0.25, 0.3) is 0 Å². The van der Waals surface area contributed by atoms with Gasteiger partial charge in [0.05, 0.1) is 13.7 Å². The lowest BCUT2D eigenvalue weighted by atomic mass is 10.2. The van der Waals surface area contributed by atoms with Gasteiger partial charge in [-0.05, 0) is 39.5 Å². The Morgan fingerprint density at radius 1 is 1.40 bits per heavy atom. The standard InChI is InChI=1S/C10H6BrClOS2/c11-9-2-1-6(15-9)5-8(13)10-7(12)3-4-14-10/h1-4H,5H2. The molecule has 0 atom stereocenters. The molecule has 0 aliphatic rings. The van der Waals surface area contributed by atoms with E-state index in [1.54, 1.807) is 17.4 Å². The zero-order valence-corrected chi connectivity index (χ0v) is 11.5. The number of ketones is 1. The minimum atomic E-state index is 0.0874. The molecule has 0 saturated carbocycles. The van der Waals surface area contributed by atoms with Crippen LogP contribution in [0.2, 0.25) is 5.02 Å². The molecule has 0 bridgehead atoms. The number of Topliss-reactive ketones (excluding diaryl/α,β-unsaturated/α-hetero) is 1. The highest BCUT2D eigenvalue weighted by Crippen LogP contribution is 2.27. The summed E-state index contributed by atoms with van der Waals surface area (Å²) in [6, 6.07) is 5.65. The maximum Gasteiger partial charge on any atom is 0.179 e. The van der Waals surface area contributed by atoms with Gasteiger partial charge in [-0.25, -0.2) is 0 Å². The lowest BCUT2D eigenvalue weighted by molar-refractivity contribution is 0.0998. The number of hydrogen-bond donors (Lipinski definition) is 0. The van der Waals surface area contributed by atoms with E-state index in [2.05, 4.69) is 15.9 Å². The Balaban J connectivity index is 2.14. The molecule has 0 unspecified atom stereocenters. The molecule has 0 radical (unpaired) electrons. The molecule has 15 heavy (non-hydrogen) atoms. The summed E-state index contributed by atoms with van der Waals surface area (Å²) >= 11 is 12.2. The largest absolute Gasteiger partial charge is 0.293 e. The molecule has 0 spiro atoms. The van der Waals surface area contributed by atoms with E-state index in [1.807, 2.05) is 17.5 Å². The van der Waals surface area contributed by atoms with E-state index < -0.39 is 0 Å². The minimum absolute atomic E-state index is 0.0874. The number of carbonyl (C=O) groups excluding carboxylic acids is 1. The van der Waals surface area contributed by atoms with Gasteiger partial charge >= 0.3 is 0 Å². The second-order valence-electron chi connectivity index (χ2n) is 2.90. The summed E-state index contributed by atoms with van der Waals surface area (Å²) in [5.41, 5.74) is 0. The fourth-order valence-corrected chi connectivity index (χ4v) is 3.76. The van der Waals surface area contributed by atoms with Gasteiger partial charge in [0.1, 0.15) is 0 Å². The van der Waals surface area contributed by atoms with Crippen molar-refractivity contribution in [3.8, 4) is 0 Å². The molecule has 2 aromatic heterocycles. The van der Waals surface area contributed by atoms with Crippen LogP contribution >= 0.6 is 50.2 Å². The topological polar surface area (TPSA) is 17.1 Å². The molecule has 1 nitrogen and oxygen atoms in total. The Morgan fingerprint density at radius 3 is 2.73 bits per heavy atom. The first kappa shape index (κ1) is 11.3. The van der Waals surface area contributed by atoms with Gasteiger partial charge < -0.3 is 0 Å².